The van der Waals surface area contributed by atoms with Crippen LogP contribution in [0.3, 0.4) is 0 Å². The van der Waals surface area contributed by atoms with E-state index in [0.29, 0.717) is 30.8 Å². The van der Waals surface area contributed by atoms with Crippen molar-refractivity contribution in [1.29, 1.82) is 0 Å². The Morgan fingerprint density at radius 3 is 2.75 bits per heavy atom. The second kappa shape index (κ2) is 7.61. The molecule has 3 aromatic heterocycles. The maximum atomic E-state index is 11.4. The van der Waals surface area contributed by atoms with Crippen molar-refractivity contribution in [3.05, 3.63) is 47.3 Å². The summed E-state index contributed by atoms with van der Waals surface area (Å²) in [6.45, 7) is 3.55. The van der Waals surface area contributed by atoms with E-state index in [1.807, 2.05) is 24.1 Å². The molecule has 0 atom stereocenters. The first kappa shape index (κ1) is 19.9. The van der Waals surface area contributed by atoms with Gasteiger partial charge in [-0.15, -0.1) is 0 Å². The number of nitrogen functional groups attached to an aromatic ring is 2. The van der Waals surface area contributed by atoms with Gasteiger partial charge >= 0.3 is 0 Å². The molecule has 0 aliphatic carbocycles. The Labute approximate surface area is 187 Å². The summed E-state index contributed by atoms with van der Waals surface area (Å²) in [5.41, 5.74) is 21.8. The normalized spacial score (nSPS) is 13.5. The van der Waals surface area contributed by atoms with Crippen LogP contribution < -0.4 is 26.8 Å². The van der Waals surface area contributed by atoms with Crippen LogP contribution in [0.25, 0.3) is 21.5 Å². The first-order chi connectivity index (χ1) is 15.4. The number of nitrogens with two attached hydrogens (primary N) is 3. The third kappa shape index (κ3) is 3.52. The number of pyridine rings is 1. The van der Waals surface area contributed by atoms with Gasteiger partial charge in [0.05, 0.1) is 12.1 Å². The number of thiazole rings is 1. The Balaban J connectivity index is 1.52. The number of aromatic nitrogens is 4. The molecule has 1 aliphatic rings. The highest BCUT2D eigenvalue weighted by Gasteiger charge is 2.22. The van der Waals surface area contributed by atoms with E-state index in [4.69, 9.17) is 21.9 Å². The summed E-state index contributed by atoms with van der Waals surface area (Å²) in [7, 11) is 0. The molecule has 0 fully saturated rings. The Morgan fingerprint density at radius 2 is 1.97 bits per heavy atom. The van der Waals surface area contributed by atoms with Crippen LogP contribution in [0.4, 0.5) is 16.9 Å². The van der Waals surface area contributed by atoms with Crippen molar-refractivity contribution in [2.45, 2.75) is 13.5 Å². The van der Waals surface area contributed by atoms with Crippen LogP contribution in [0.5, 0.6) is 5.75 Å². The number of hydrogen-bond acceptors (Lipinski definition) is 10. The van der Waals surface area contributed by atoms with Crippen LogP contribution in [-0.2, 0) is 6.54 Å². The van der Waals surface area contributed by atoms with E-state index in [0.717, 1.165) is 38.4 Å². The van der Waals surface area contributed by atoms with E-state index in [9.17, 15) is 4.79 Å². The number of amides is 1. The molecule has 4 aromatic rings. The van der Waals surface area contributed by atoms with Gasteiger partial charge in [0, 0.05) is 30.1 Å². The third-order valence-electron chi connectivity index (χ3n) is 5.27. The number of carbonyl (C=O) groups excluding carboxylic acids is 1. The van der Waals surface area contributed by atoms with Crippen LogP contribution in [0.15, 0.2) is 30.6 Å². The number of primary amides is 1. The summed E-state index contributed by atoms with van der Waals surface area (Å²) in [4.78, 5) is 31.6. The molecule has 0 radical (unpaired) electrons. The van der Waals surface area contributed by atoms with Gasteiger partial charge in [-0.3, -0.25) is 4.79 Å². The minimum atomic E-state index is -0.661. The average molecular weight is 449 g/mol. The number of hydrogen-bond donors (Lipinski definition) is 3. The molecule has 1 amide bonds. The van der Waals surface area contributed by atoms with Gasteiger partial charge < -0.3 is 26.8 Å². The molecule has 32 heavy (non-hydrogen) atoms. The first-order valence-corrected chi connectivity index (χ1v) is 10.7. The predicted octanol–water partition coefficient (Wildman–Crippen LogP) is 2.12. The zero-order valence-electron chi connectivity index (χ0n) is 17.2. The van der Waals surface area contributed by atoms with Crippen molar-refractivity contribution in [3.8, 4) is 16.9 Å². The van der Waals surface area contributed by atoms with E-state index < -0.39 is 5.91 Å². The summed E-state index contributed by atoms with van der Waals surface area (Å²) in [5.74, 6) is 0.643. The molecule has 10 nitrogen and oxygen atoms in total. The predicted molar refractivity (Wildman–Crippen MR) is 124 cm³/mol. The molecule has 1 aliphatic heterocycles. The molecule has 0 saturated carbocycles. The lowest BCUT2D eigenvalue weighted by Gasteiger charge is -2.20. The summed E-state index contributed by atoms with van der Waals surface area (Å²) >= 11 is 1.36. The number of nitrogens with zero attached hydrogens (tertiary/aromatic N) is 5. The van der Waals surface area contributed by atoms with E-state index in [2.05, 4.69) is 32.1 Å². The molecule has 0 spiro atoms. The molecule has 0 bridgehead atoms. The summed E-state index contributed by atoms with van der Waals surface area (Å²) < 4.78 is 6.04. The number of rotatable bonds is 3. The summed E-state index contributed by atoms with van der Waals surface area (Å²) in [6, 6.07) is 6.13. The molecule has 0 unspecified atom stereocenters. The van der Waals surface area contributed by atoms with Crippen molar-refractivity contribution in [3.63, 3.8) is 0 Å². The van der Waals surface area contributed by atoms with Gasteiger partial charge in [0.15, 0.2) is 5.13 Å². The summed E-state index contributed by atoms with van der Waals surface area (Å²) in [5, 5.41) is 0.494. The van der Waals surface area contributed by atoms with E-state index in [1.54, 1.807) is 0 Å². The van der Waals surface area contributed by atoms with Gasteiger partial charge in [-0.05, 0) is 36.2 Å². The monoisotopic (exact) mass is 448 g/mol. The van der Waals surface area contributed by atoms with Crippen molar-refractivity contribution >= 4 is 44.5 Å². The number of fused-ring (bicyclic) bond motifs is 2. The lowest BCUT2D eigenvalue weighted by Crippen LogP contribution is -2.28. The summed E-state index contributed by atoms with van der Waals surface area (Å²) in [6.07, 6.45) is 3.18. The molecule has 0 saturated heterocycles. The van der Waals surface area contributed by atoms with Gasteiger partial charge in [0.1, 0.15) is 28.5 Å². The second-order valence-electron chi connectivity index (χ2n) is 7.48. The van der Waals surface area contributed by atoms with Gasteiger partial charge in [-0.2, -0.15) is 4.98 Å². The molecule has 1 aromatic carbocycles. The molecular weight excluding hydrogens is 428 g/mol. The van der Waals surface area contributed by atoms with Crippen molar-refractivity contribution in [1.82, 2.24) is 19.9 Å². The quantitative estimate of drug-likeness (QED) is 0.426. The molecule has 11 heteroatoms. The number of anilines is 3. The Hall–Kier alpha value is -3.99. The minimum absolute atomic E-state index is 0.0553. The number of aryl methyl sites for hydroxylation is 1. The third-order valence-corrected chi connectivity index (χ3v) is 6.08. The fourth-order valence-electron chi connectivity index (χ4n) is 3.78. The largest absolute Gasteiger partial charge is 0.491 e. The fraction of sp³-hybridized carbons (Fsp3) is 0.190. The first-order valence-electron chi connectivity index (χ1n) is 9.85. The highest BCUT2D eigenvalue weighted by atomic mass is 32.1. The van der Waals surface area contributed by atoms with Gasteiger partial charge in [-0.25, -0.2) is 15.0 Å². The van der Waals surface area contributed by atoms with E-state index >= 15 is 0 Å². The lowest BCUT2D eigenvalue weighted by atomic mass is 10.00. The van der Waals surface area contributed by atoms with E-state index in [1.165, 1.54) is 17.5 Å². The highest BCUT2D eigenvalue weighted by Crippen LogP contribution is 2.35. The average Bonchev–Trinajstić information content (AvgIpc) is 2.98. The highest BCUT2D eigenvalue weighted by molar-refractivity contribution is 7.21. The minimum Gasteiger partial charge on any atom is -0.491 e. The van der Waals surface area contributed by atoms with Crippen LogP contribution in [-0.4, -0.2) is 39.0 Å². The maximum absolute atomic E-state index is 11.4. The molecule has 162 valence electrons. The van der Waals surface area contributed by atoms with Gasteiger partial charge in [0.25, 0.3) is 5.91 Å². The standard InChI is InChI=1S/C21H20N8O2S/c1-10-4-11(12-6-15-19(25-7-12)32-20(24)27-15)5-13-9-29(2-3-31-16(10)13)21-26-8-14(18(23)30)17(22)28-21/h4-8H,2-3,9H2,1H3,(H2,23,30)(H2,24,27)(H2,22,26,28). The number of benzene rings is 1. The molecular formula is C21H20N8O2S. The van der Waals surface area contributed by atoms with Gasteiger partial charge in [-0.1, -0.05) is 11.3 Å². The Kier molecular flexibility index (Phi) is 4.74. The van der Waals surface area contributed by atoms with Crippen LogP contribution >= 0.6 is 11.3 Å². The number of carbonyl (C=O) groups is 1. The smallest absolute Gasteiger partial charge is 0.254 e. The topological polar surface area (TPSA) is 159 Å². The van der Waals surface area contributed by atoms with Crippen LogP contribution in [0, 0.1) is 6.92 Å². The van der Waals surface area contributed by atoms with E-state index in [-0.39, 0.29) is 11.4 Å². The lowest BCUT2D eigenvalue weighted by molar-refractivity contribution is 0.100. The zero-order valence-corrected chi connectivity index (χ0v) is 18.0. The Bertz CT molecular complexity index is 1370. The van der Waals surface area contributed by atoms with Crippen LogP contribution in [0.1, 0.15) is 21.5 Å². The Morgan fingerprint density at radius 1 is 1.12 bits per heavy atom. The van der Waals surface area contributed by atoms with Gasteiger partial charge in [0.2, 0.25) is 5.95 Å². The second-order valence-corrected chi connectivity index (χ2v) is 8.49. The maximum Gasteiger partial charge on any atom is 0.254 e. The van der Waals surface area contributed by atoms with Crippen molar-refractivity contribution in [2.75, 3.05) is 29.5 Å². The molecule has 6 N–H and O–H groups in total. The zero-order chi connectivity index (χ0) is 22.4. The van der Waals surface area contributed by atoms with Crippen molar-refractivity contribution < 1.29 is 9.53 Å². The van der Waals surface area contributed by atoms with Crippen molar-refractivity contribution in [2.24, 2.45) is 5.73 Å². The van der Waals surface area contributed by atoms with Crippen LogP contribution in [0.2, 0.25) is 0 Å². The SMILES string of the molecule is Cc1cc(-c2cnc3sc(N)nc3c2)cc2c1OCCN(c1ncc(C(N)=O)c(N)n1)C2. The fourth-order valence-corrected chi connectivity index (χ4v) is 4.43. The number of ether oxygens (including phenoxy) is 1. The molecule has 5 rings (SSSR count). The molecule has 4 heterocycles.